The number of guanidine groups is 1. The predicted molar refractivity (Wildman–Crippen MR) is 142 cm³/mol. The second kappa shape index (κ2) is 12.3. The van der Waals surface area contributed by atoms with Gasteiger partial charge in [-0.2, -0.15) is 5.10 Å². The summed E-state index contributed by atoms with van der Waals surface area (Å²) in [6, 6.07) is 10.4. The topological polar surface area (TPSA) is 67.6 Å². The van der Waals surface area contributed by atoms with Crippen LogP contribution in [0.25, 0.3) is 0 Å². The fourth-order valence-electron chi connectivity index (χ4n) is 3.45. The SMILES string of the molecule is CN=C(NCc1c(C)nn(Cc2ccccc2)c1C)N(C)Cc1csc(C(C)OC)n1.I. The van der Waals surface area contributed by atoms with Gasteiger partial charge in [0.05, 0.1) is 24.5 Å². The summed E-state index contributed by atoms with van der Waals surface area (Å²) < 4.78 is 7.43. The van der Waals surface area contributed by atoms with Crippen LogP contribution in [0.5, 0.6) is 0 Å². The van der Waals surface area contributed by atoms with Crippen molar-refractivity contribution in [2.24, 2.45) is 4.99 Å². The number of aryl methyl sites for hydroxylation is 1. The Hall–Kier alpha value is -1.98. The number of ether oxygens (including phenoxy) is 1. The van der Waals surface area contributed by atoms with Crippen molar-refractivity contribution in [3.8, 4) is 0 Å². The van der Waals surface area contributed by atoms with E-state index in [0.717, 1.165) is 28.9 Å². The third kappa shape index (κ3) is 6.52. The maximum Gasteiger partial charge on any atom is 0.194 e. The average molecular weight is 569 g/mol. The molecule has 32 heavy (non-hydrogen) atoms. The van der Waals surface area contributed by atoms with Crippen molar-refractivity contribution in [2.45, 2.75) is 46.5 Å². The summed E-state index contributed by atoms with van der Waals surface area (Å²) >= 11 is 1.63. The predicted octanol–water partition coefficient (Wildman–Crippen LogP) is 4.54. The molecule has 1 N–H and O–H groups in total. The minimum absolute atomic E-state index is 0. The van der Waals surface area contributed by atoms with E-state index in [1.165, 1.54) is 16.8 Å². The van der Waals surface area contributed by atoms with E-state index >= 15 is 0 Å². The van der Waals surface area contributed by atoms with Crippen molar-refractivity contribution in [3.05, 3.63) is 68.9 Å². The van der Waals surface area contributed by atoms with Gasteiger partial charge in [-0.05, 0) is 26.3 Å². The third-order valence-electron chi connectivity index (χ3n) is 5.37. The number of nitrogens with zero attached hydrogens (tertiary/aromatic N) is 5. The van der Waals surface area contributed by atoms with Crippen LogP contribution in [0.4, 0.5) is 0 Å². The number of benzene rings is 1. The van der Waals surface area contributed by atoms with Crippen molar-refractivity contribution in [3.63, 3.8) is 0 Å². The molecule has 0 aliphatic heterocycles. The maximum absolute atomic E-state index is 5.36. The van der Waals surface area contributed by atoms with E-state index in [9.17, 15) is 0 Å². The standard InChI is InChI=1S/C23H32N6OS.HI/c1-16-21(17(2)29(27-16)13-19-10-8-7-9-11-19)12-25-23(24-4)28(5)14-20-15-31-22(26-20)18(3)30-6;/h7-11,15,18H,12-14H2,1-6H3,(H,24,25);1H. The summed E-state index contributed by atoms with van der Waals surface area (Å²) in [5, 5.41) is 11.3. The molecule has 0 radical (unpaired) electrons. The van der Waals surface area contributed by atoms with Gasteiger partial charge in [-0.25, -0.2) is 4.98 Å². The molecular weight excluding hydrogens is 535 g/mol. The van der Waals surface area contributed by atoms with E-state index in [2.05, 4.69) is 68.4 Å². The number of thiazole rings is 1. The van der Waals surface area contributed by atoms with Gasteiger partial charge in [0.2, 0.25) is 0 Å². The van der Waals surface area contributed by atoms with Crippen LogP contribution in [0, 0.1) is 13.8 Å². The van der Waals surface area contributed by atoms with Crippen LogP contribution in [0.15, 0.2) is 40.7 Å². The van der Waals surface area contributed by atoms with Gasteiger partial charge in [-0.15, -0.1) is 35.3 Å². The lowest BCUT2D eigenvalue weighted by atomic mass is 10.2. The summed E-state index contributed by atoms with van der Waals surface area (Å²) in [4.78, 5) is 11.2. The Labute approximate surface area is 211 Å². The zero-order valence-electron chi connectivity index (χ0n) is 19.6. The first kappa shape index (κ1) is 26.3. The highest BCUT2D eigenvalue weighted by Crippen LogP contribution is 2.21. The Morgan fingerprint density at radius 3 is 2.66 bits per heavy atom. The van der Waals surface area contributed by atoms with Gasteiger partial charge in [0.1, 0.15) is 11.1 Å². The Kier molecular flexibility index (Phi) is 10.1. The molecule has 3 aromatic rings. The van der Waals surface area contributed by atoms with E-state index in [1.54, 1.807) is 25.5 Å². The molecule has 2 heterocycles. The van der Waals surface area contributed by atoms with E-state index < -0.39 is 0 Å². The van der Waals surface area contributed by atoms with Gasteiger partial charge >= 0.3 is 0 Å². The molecule has 9 heteroatoms. The number of methoxy groups -OCH3 is 1. The second-order valence-electron chi connectivity index (χ2n) is 7.60. The minimum atomic E-state index is 0. The Morgan fingerprint density at radius 1 is 1.28 bits per heavy atom. The lowest BCUT2D eigenvalue weighted by Gasteiger charge is -2.21. The number of aromatic nitrogens is 3. The van der Waals surface area contributed by atoms with Crippen LogP contribution in [-0.2, 0) is 24.4 Å². The zero-order chi connectivity index (χ0) is 22.4. The van der Waals surface area contributed by atoms with Crippen LogP contribution in [-0.4, -0.2) is 46.8 Å². The first-order chi connectivity index (χ1) is 14.9. The highest BCUT2D eigenvalue weighted by atomic mass is 127. The van der Waals surface area contributed by atoms with Crippen LogP contribution >= 0.6 is 35.3 Å². The second-order valence-corrected chi connectivity index (χ2v) is 8.49. The van der Waals surface area contributed by atoms with Crippen molar-refractivity contribution in [1.82, 2.24) is 25.0 Å². The van der Waals surface area contributed by atoms with E-state index in [1.807, 2.05) is 20.0 Å². The molecule has 0 saturated heterocycles. The average Bonchev–Trinajstić information content (AvgIpc) is 3.34. The molecule has 0 aliphatic rings. The molecule has 1 unspecified atom stereocenters. The Bertz CT molecular complexity index is 1020. The summed E-state index contributed by atoms with van der Waals surface area (Å²) in [6.07, 6.45) is 0.0138. The van der Waals surface area contributed by atoms with Crippen LogP contribution in [0.1, 0.15) is 46.2 Å². The Morgan fingerprint density at radius 2 is 2.00 bits per heavy atom. The Balaban J connectivity index is 0.00000363. The van der Waals surface area contributed by atoms with Gasteiger partial charge in [-0.3, -0.25) is 9.67 Å². The smallest absolute Gasteiger partial charge is 0.194 e. The fraction of sp³-hybridized carbons (Fsp3) is 0.435. The molecule has 0 saturated carbocycles. The molecule has 1 aromatic carbocycles. The summed E-state index contributed by atoms with van der Waals surface area (Å²) in [5.74, 6) is 0.823. The zero-order valence-corrected chi connectivity index (χ0v) is 22.8. The fourth-order valence-corrected chi connectivity index (χ4v) is 4.29. The van der Waals surface area contributed by atoms with Crippen molar-refractivity contribution < 1.29 is 4.74 Å². The summed E-state index contributed by atoms with van der Waals surface area (Å²) in [7, 11) is 5.53. The van der Waals surface area contributed by atoms with Crippen LogP contribution in [0.2, 0.25) is 0 Å². The molecule has 1 atom stereocenters. The highest BCUT2D eigenvalue weighted by Gasteiger charge is 2.15. The molecule has 0 aliphatic carbocycles. The first-order valence-corrected chi connectivity index (χ1v) is 11.3. The molecule has 174 valence electrons. The lowest BCUT2D eigenvalue weighted by Crippen LogP contribution is -2.38. The molecule has 3 rings (SSSR count). The van der Waals surface area contributed by atoms with Gasteiger partial charge < -0.3 is 15.0 Å². The number of nitrogens with one attached hydrogen (secondary N) is 1. The maximum atomic E-state index is 5.36. The lowest BCUT2D eigenvalue weighted by molar-refractivity contribution is 0.119. The summed E-state index contributed by atoms with van der Waals surface area (Å²) in [6.45, 7) is 8.32. The largest absolute Gasteiger partial charge is 0.375 e. The van der Waals surface area contributed by atoms with Crippen molar-refractivity contribution in [2.75, 3.05) is 21.2 Å². The molecular formula is C23H33IN6OS. The van der Waals surface area contributed by atoms with E-state index in [4.69, 9.17) is 9.84 Å². The molecule has 0 bridgehead atoms. The monoisotopic (exact) mass is 568 g/mol. The molecule has 0 fully saturated rings. The number of aliphatic imine (C=N–C) groups is 1. The van der Waals surface area contributed by atoms with Gasteiger partial charge in [0.25, 0.3) is 0 Å². The first-order valence-electron chi connectivity index (χ1n) is 10.4. The highest BCUT2D eigenvalue weighted by molar-refractivity contribution is 14.0. The van der Waals surface area contributed by atoms with Crippen molar-refractivity contribution in [1.29, 1.82) is 0 Å². The van der Waals surface area contributed by atoms with E-state index in [-0.39, 0.29) is 30.1 Å². The third-order valence-corrected chi connectivity index (χ3v) is 6.43. The summed E-state index contributed by atoms with van der Waals surface area (Å²) in [5.41, 5.74) is 5.67. The molecule has 0 amide bonds. The van der Waals surface area contributed by atoms with Gasteiger partial charge in [0, 0.05) is 44.4 Å². The number of rotatable bonds is 8. The van der Waals surface area contributed by atoms with E-state index in [0.29, 0.717) is 13.1 Å². The van der Waals surface area contributed by atoms with Gasteiger partial charge in [0.15, 0.2) is 5.96 Å². The molecule has 2 aromatic heterocycles. The molecule has 0 spiro atoms. The van der Waals surface area contributed by atoms with Gasteiger partial charge in [-0.1, -0.05) is 30.3 Å². The number of halogens is 1. The normalized spacial score (nSPS) is 12.4. The number of hydrogen-bond acceptors (Lipinski definition) is 5. The quantitative estimate of drug-likeness (QED) is 0.246. The number of hydrogen-bond donors (Lipinski definition) is 1. The molecule has 7 nitrogen and oxygen atoms in total. The van der Waals surface area contributed by atoms with Crippen LogP contribution < -0.4 is 5.32 Å². The van der Waals surface area contributed by atoms with Crippen molar-refractivity contribution >= 4 is 41.3 Å². The van der Waals surface area contributed by atoms with Crippen LogP contribution in [0.3, 0.4) is 0 Å². The minimum Gasteiger partial charge on any atom is -0.375 e.